The van der Waals surface area contributed by atoms with Crippen LogP contribution in [0.15, 0.2) is 66.8 Å². The van der Waals surface area contributed by atoms with Crippen LogP contribution in [0.5, 0.6) is 5.75 Å². The third kappa shape index (κ3) is 5.46. The van der Waals surface area contributed by atoms with Crippen molar-refractivity contribution in [2.24, 2.45) is 0 Å². The summed E-state index contributed by atoms with van der Waals surface area (Å²) >= 11 is 5.97. The number of methoxy groups -OCH3 is 1. The smallest absolute Gasteiger partial charge is 0.331 e. The summed E-state index contributed by atoms with van der Waals surface area (Å²) in [7, 11) is 1.50. The Balaban J connectivity index is 2.17. The van der Waals surface area contributed by atoms with E-state index in [1.54, 1.807) is 68.5 Å². The standard InChI is InChI=1S/C27H26ClNO6/c1-5-6-7-8-23(30)35-17(3)25(27(32)33)24-16(2)29(22-14-13-20(34-4)15-21(22)24)26(31)18-9-11-19(28)12-10-18/h5-15,17,25H,1-4H3,(H,32,33)/b6-5+,8-7+. The quantitative estimate of drug-likeness (QED) is 0.251. The van der Waals surface area contributed by atoms with E-state index in [2.05, 4.69) is 0 Å². The van der Waals surface area contributed by atoms with Gasteiger partial charge in [-0.05, 0) is 68.8 Å². The highest BCUT2D eigenvalue weighted by atomic mass is 35.5. The molecule has 182 valence electrons. The third-order valence-corrected chi connectivity index (χ3v) is 5.89. The molecule has 2 aromatic carbocycles. The van der Waals surface area contributed by atoms with E-state index in [4.69, 9.17) is 21.1 Å². The fourth-order valence-electron chi connectivity index (χ4n) is 4.02. The van der Waals surface area contributed by atoms with E-state index in [0.717, 1.165) is 0 Å². The Morgan fingerprint density at radius 1 is 1.09 bits per heavy atom. The molecule has 0 amide bonds. The number of allylic oxidation sites excluding steroid dienone is 3. The minimum Gasteiger partial charge on any atom is -0.497 e. The van der Waals surface area contributed by atoms with Crippen molar-refractivity contribution in [1.82, 2.24) is 4.57 Å². The summed E-state index contributed by atoms with van der Waals surface area (Å²) in [5.41, 5.74) is 1.69. The summed E-state index contributed by atoms with van der Waals surface area (Å²) in [6.07, 6.45) is 5.12. The minimum absolute atomic E-state index is 0.344. The van der Waals surface area contributed by atoms with Crippen LogP contribution in [0.3, 0.4) is 0 Å². The Hall–Kier alpha value is -3.84. The van der Waals surface area contributed by atoms with Gasteiger partial charge in [0.15, 0.2) is 0 Å². The Labute approximate surface area is 208 Å². The number of aromatic nitrogens is 1. The molecule has 7 nitrogen and oxygen atoms in total. The molecule has 0 radical (unpaired) electrons. The maximum Gasteiger partial charge on any atom is 0.331 e. The van der Waals surface area contributed by atoms with E-state index in [1.165, 1.54) is 30.8 Å². The Bertz CT molecular complexity index is 1320. The number of carboxylic acids is 1. The number of hydrogen-bond acceptors (Lipinski definition) is 5. The number of halogens is 1. The average molecular weight is 496 g/mol. The van der Waals surface area contributed by atoms with Crippen LogP contribution in [0.1, 0.15) is 41.4 Å². The van der Waals surface area contributed by atoms with E-state index in [0.29, 0.717) is 38.5 Å². The summed E-state index contributed by atoms with van der Waals surface area (Å²) in [4.78, 5) is 38.2. The number of ether oxygens (including phenoxy) is 2. The van der Waals surface area contributed by atoms with Crippen molar-refractivity contribution in [3.05, 3.63) is 88.6 Å². The van der Waals surface area contributed by atoms with Crippen molar-refractivity contribution >= 4 is 40.3 Å². The van der Waals surface area contributed by atoms with Gasteiger partial charge in [-0.3, -0.25) is 14.2 Å². The van der Waals surface area contributed by atoms with Gasteiger partial charge in [0.1, 0.15) is 17.8 Å². The molecule has 3 aromatic rings. The molecule has 0 bridgehead atoms. The SMILES string of the molecule is C/C=C/C=C/C(=O)OC(C)C(C(=O)O)c1c(C)n(C(=O)c2ccc(Cl)cc2)c2ccc(OC)cc12. The topological polar surface area (TPSA) is 94.8 Å². The second-order valence-corrected chi connectivity index (χ2v) is 8.31. The fourth-order valence-corrected chi connectivity index (χ4v) is 4.15. The molecule has 2 atom stereocenters. The molecule has 8 heteroatoms. The lowest BCUT2D eigenvalue weighted by Gasteiger charge is -2.21. The van der Waals surface area contributed by atoms with Crippen LogP contribution < -0.4 is 4.74 Å². The largest absolute Gasteiger partial charge is 0.497 e. The van der Waals surface area contributed by atoms with E-state index in [9.17, 15) is 19.5 Å². The molecule has 1 heterocycles. The van der Waals surface area contributed by atoms with Crippen LogP contribution in [0, 0.1) is 6.92 Å². The molecule has 1 aromatic heterocycles. The zero-order valence-electron chi connectivity index (χ0n) is 19.8. The van der Waals surface area contributed by atoms with Crippen LogP contribution in [0.4, 0.5) is 0 Å². The Kier molecular flexibility index (Phi) is 8.14. The van der Waals surface area contributed by atoms with Crippen LogP contribution in [0.25, 0.3) is 10.9 Å². The second kappa shape index (κ2) is 11.1. The fraction of sp³-hybridized carbons (Fsp3) is 0.222. The Morgan fingerprint density at radius 2 is 1.77 bits per heavy atom. The van der Waals surface area contributed by atoms with E-state index >= 15 is 0 Å². The lowest BCUT2D eigenvalue weighted by Crippen LogP contribution is -2.28. The van der Waals surface area contributed by atoms with Crippen LogP contribution in [-0.4, -0.2) is 40.7 Å². The number of esters is 1. The van der Waals surface area contributed by atoms with Crippen molar-refractivity contribution in [2.45, 2.75) is 32.8 Å². The summed E-state index contributed by atoms with van der Waals surface area (Å²) in [6.45, 7) is 4.99. The summed E-state index contributed by atoms with van der Waals surface area (Å²) in [5, 5.41) is 11.2. The van der Waals surface area contributed by atoms with Crippen molar-refractivity contribution in [1.29, 1.82) is 0 Å². The molecule has 0 saturated carbocycles. The minimum atomic E-state index is -1.23. The number of carboxylic acid groups (broad SMARTS) is 1. The molecule has 0 aliphatic rings. The van der Waals surface area contributed by atoms with Crippen LogP contribution in [-0.2, 0) is 14.3 Å². The molecular formula is C27H26ClNO6. The predicted molar refractivity (Wildman–Crippen MR) is 134 cm³/mol. The monoisotopic (exact) mass is 495 g/mol. The van der Waals surface area contributed by atoms with Gasteiger partial charge in [-0.15, -0.1) is 0 Å². The highest BCUT2D eigenvalue weighted by molar-refractivity contribution is 6.30. The third-order valence-electron chi connectivity index (χ3n) is 5.64. The average Bonchev–Trinajstić information content (AvgIpc) is 3.10. The van der Waals surface area contributed by atoms with Gasteiger partial charge in [-0.25, -0.2) is 4.79 Å². The summed E-state index contributed by atoms with van der Waals surface area (Å²) < 4.78 is 12.2. The molecule has 0 saturated heterocycles. The van der Waals surface area contributed by atoms with Gasteiger partial charge >= 0.3 is 11.9 Å². The number of hydrogen-bond donors (Lipinski definition) is 1. The number of fused-ring (bicyclic) bond motifs is 1. The molecule has 2 unspecified atom stereocenters. The number of carbonyl (C=O) groups is 3. The molecule has 0 aliphatic carbocycles. The van der Waals surface area contributed by atoms with Crippen LogP contribution >= 0.6 is 11.6 Å². The van der Waals surface area contributed by atoms with Crippen molar-refractivity contribution in [3.8, 4) is 5.75 Å². The maximum absolute atomic E-state index is 13.5. The molecule has 0 aliphatic heterocycles. The van der Waals surface area contributed by atoms with Gasteiger partial charge in [0.2, 0.25) is 0 Å². The van der Waals surface area contributed by atoms with E-state index in [-0.39, 0.29) is 5.91 Å². The zero-order valence-corrected chi connectivity index (χ0v) is 20.6. The number of nitrogens with zero attached hydrogens (tertiary/aromatic N) is 1. The van der Waals surface area contributed by atoms with Crippen molar-refractivity contribution < 1.29 is 29.0 Å². The van der Waals surface area contributed by atoms with Gasteiger partial charge in [0.05, 0.1) is 12.6 Å². The highest BCUT2D eigenvalue weighted by Gasteiger charge is 2.35. The molecule has 3 rings (SSSR count). The lowest BCUT2D eigenvalue weighted by molar-refractivity contribution is -0.149. The van der Waals surface area contributed by atoms with Crippen molar-refractivity contribution in [3.63, 3.8) is 0 Å². The first kappa shape index (κ1) is 25.8. The van der Waals surface area contributed by atoms with Crippen molar-refractivity contribution in [2.75, 3.05) is 7.11 Å². The molecule has 1 N–H and O–H groups in total. The van der Waals surface area contributed by atoms with Gasteiger partial charge in [-0.1, -0.05) is 29.8 Å². The molecule has 0 fully saturated rings. The first-order chi connectivity index (χ1) is 16.7. The number of rotatable bonds is 8. The first-order valence-corrected chi connectivity index (χ1v) is 11.3. The lowest BCUT2D eigenvalue weighted by atomic mass is 9.91. The summed E-state index contributed by atoms with van der Waals surface area (Å²) in [5.74, 6) is -2.94. The van der Waals surface area contributed by atoms with E-state index < -0.39 is 24.0 Å². The normalized spacial score (nSPS) is 13.3. The predicted octanol–water partition coefficient (Wildman–Crippen LogP) is 5.53. The highest BCUT2D eigenvalue weighted by Crippen LogP contribution is 2.37. The number of aliphatic carboxylic acids is 1. The van der Waals surface area contributed by atoms with Gasteiger partial charge in [0, 0.05) is 27.7 Å². The second-order valence-electron chi connectivity index (χ2n) is 7.87. The van der Waals surface area contributed by atoms with Crippen LogP contribution in [0.2, 0.25) is 5.02 Å². The van der Waals surface area contributed by atoms with Gasteiger partial charge < -0.3 is 14.6 Å². The van der Waals surface area contributed by atoms with Gasteiger partial charge in [0.25, 0.3) is 5.91 Å². The molecule has 0 spiro atoms. The molecule has 35 heavy (non-hydrogen) atoms. The zero-order chi connectivity index (χ0) is 25.7. The molecular weight excluding hydrogens is 470 g/mol. The maximum atomic E-state index is 13.5. The number of benzene rings is 2. The van der Waals surface area contributed by atoms with E-state index in [1.807, 2.05) is 0 Å². The Morgan fingerprint density at radius 3 is 2.37 bits per heavy atom. The number of carbonyl (C=O) groups excluding carboxylic acids is 2. The summed E-state index contributed by atoms with van der Waals surface area (Å²) in [6, 6.07) is 11.5. The van der Waals surface area contributed by atoms with Gasteiger partial charge in [-0.2, -0.15) is 0 Å². The first-order valence-electron chi connectivity index (χ1n) is 10.9.